The molecule has 0 rings (SSSR count). The molecule has 5 heteroatoms. The lowest BCUT2D eigenvalue weighted by molar-refractivity contribution is -0.458. The summed E-state index contributed by atoms with van der Waals surface area (Å²) in [6, 6.07) is -0.968. The lowest BCUT2D eigenvalue weighted by Crippen LogP contribution is -2.69. The van der Waals surface area contributed by atoms with Gasteiger partial charge in [-0.3, -0.25) is 0 Å². The summed E-state index contributed by atoms with van der Waals surface area (Å²) >= 11 is 0. The van der Waals surface area contributed by atoms with Gasteiger partial charge in [-0.25, -0.2) is 0 Å². The van der Waals surface area contributed by atoms with Gasteiger partial charge in [-0.05, 0) is 5.92 Å². The predicted octanol–water partition coefficient (Wildman–Crippen LogP) is 0.566. The molecular weight excluding hydrogens is 171 g/mol. The fraction of sp³-hybridized carbons (Fsp3) is 1.00. The average molecular weight is 186 g/mol. The third-order valence-electron chi connectivity index (χ3n) is 1.56. The van der Waals surface area contributed by atoms with Crippen LogP contribution in [0.5, 0.6) is 0 Å². The second-order valence-electron chi connectivity index (χ2n) is 3.38. The highest BCUT2D eigenvalue weighted by Gasteiger charge is 2.44. The van der Waals surface area contributed by atoms with E-state index in [0.29, 0.717) is 0 Å². The van der Waals surface area contributed by atoms with Crippen LogP contribution in [0.15, 0.2) is 0 Å². The Hall–Kier alpha value is -0.290. The van der Waals surface area contributed by atoms with Crippen molar-refractivity contribution < 1.29 is 24.0 Å². The van der Waals surface area contributed by atoms with Gasteiger partial charge in [0.15, 0.2) is 0 Å². The summed E-state index contributed by atoms with van der Waals surface area (Å²) in [6.45, 7) is 3.59. The quantitative estimate of drug-likeness (QED) is 0.665. The summed E-state index contributed by atoms with van der Waals surface area (Å²) < 4.78 is 35.6. The Kier molecular flexibility index (Phi) is 3.99. The van der Waals surface area contributed by atoms with Gasteiger partial charge in [0.25, 0.3) is 0 Å². The maximum absolute atomic E-state index is 11.9. The van der Waals surface area contributed by atoms with E-state index in [0.717, 1.165) is 0 Å². The standard InChI is InChI=1S/C7H14F3NO/c1-4(2)3-5(11)6(12)7(8,9)10/h4-6,12H,3,11H2,1-2H3/p+1/t5-,6-/m1/s1. The van der Waals surface area contributed by atoms with Crippen molar-refractivity contribution in [3.05, 3.63) is 0 Å². The molecule has 0 aliphatic heterocycles. The number of halogens is 3. The Morgan fingerprint density at radius 3 is 2.00 bits per heavy atom. The number of hydrogen-bond acceptors (Lipinski definition) is 1. The smallest absolute Gasteiger partial charge is 0.379 e. The molecule has 0 saturated heterocycles. The molecule has 0 aliphatic rings. The van der Waals surface area contributed by atoms with Crippen LogP contribution in [0.1, 0.15) is 20.3 Å². The van der Waals surface area contributed by atoms with Gasteiger partial charge in [0.05, 0.1) is 0 Å². The molecule has 0 aromatic heterocycles. The summed E-state index contributed by atoms with van der Waals surface area (Å²) in [4.78, 5) is 0. The minimum atomic E-state index is -4.54. The molecule has 0 unspecified atom stereocenters. The second kappa shape index (κ2) is 4.09. The first-order valence-electron chi connectivity index (χ1n) is 3.83. The Balaban J connectivity index is 4.01. The number of aliphatic hydroxyl groups is 1. The predicted molar refractivity (Wildman–Crippen MR) is 38.2 cm³/mol. The van der Waals surface area contributed by atoms with Gasteiger partial charge < -0.3 is 10.8 Å². The molecule has 0 aromatic carbocycles. The molecule has 0 aromatic rings. The van der Waals surface area contributed by atoms with Crippen molar-refractivity contribution in [1.29, 1.82) is 0 Å². The number of aliphatic hydroxyl groups excluding tert-OH is 1. The van der Waals surface area contributed by atoms with Gasteiger partial charge in [0, 0.05) is 6.42 Å². The fourth-order valence-electron chi connectivity index (χ4n) is 1.00. The molecule has 0 aliphatic carbocycles. The van der Waals surface area contributed by atoms with Crippen molar-refractivity contribution in [1.82, 2.24) is 0 Å². The average Bonchev–Trinajstić information content (AvgIpc) is 1.82. The highest BCUT2D eigenvalue weighted by molar-refractivity contribution is 4.73. The number of quaternary nitrogens is 1. The zero-order valence-electron chi connectivity index (χ0n) is 7.23. The second-order valence-corrected chi connectivity index (χ2v) is 3.38. The minimum absolute atomic E-state index is 0.115. The van der Waals surface area contributed by atoms with Crippen molar-refractivity contribution in [2.45, 2.75) is 38.6 Å². The van der Waals surface area contributed by atoms with Crippen LogP contribution in [0, 0.1) is 5.92 Å². The summed E-state index contributed by atoms with van der Waals surface area (Å²) in [5, 5.41) is 8.72. The van der Waals surface area contributed by atoms with E-state index in [9.17, 15) is 13.2 Å². The van der Waals surface area contributed by atoms with Crippen LogP contribution in [-0.4, -0.2) is 23.4 Å². The summed E-state index contributed by atoms with van der Waals surface area (Å²) in [5.74, 6) is 0.115. The van der Waals surface area contributed by atoms with Crippen LogP contribution in [0.25, 0.3) is 0 Å². The van der Waals surface area contributed by atoms with Crippen LogP contribution in [0.2, 0.25) is 0 Å². The Morgan fingerprint density at radius 2 is 1.75 bits per heavy atom. The molecule has 0 amide bonds. The van der Waals surface area contributed by atoms with E-state index in [2.05, 4.69) is 5.73 Å². The third kappa shape index (κ3) is 3.92. The van der Waals surface area contributed by atoms with Gasteiger partial charge in [-0.15, -0.1) is 0 Å². The highest BCUT2D eigenvalue weighted by Crippen LogP contribution is 2.23. The minimum Gasteiger partial charge on any atom is -0.379 e. The monoisotopic (exact) mass is 186 g/mol. The van der Waals surface area contributed by atoms with E-state index in [1.54, 1.807) is 13.8 Å². The van der Waals surface area contributed by atoms with Crippen molar-refractivity contribution in [3.8, 4) is 0 Å². The van der Waals surface area contributed by atoms with Gasteiger partial charge in [-0.2, -0.15) is 13.2 Å². The van der Waals surface area contributed by atoms with Crippen molar-refractivity contribution in [2.24, 2.45) is 5.92 Å². The fourth-order valence-corrected chi connectivity index (χ4v) is 1.00. The van der Waals surface area contributed by atoms with Crippen LogP contribution < -0.4 is 5.73 Å². The molecule has 0 saturated carbocycles. The lowest BCUT2D eigenvalue weighted by atomic mass is 10.00. The lowest BCUT2D eigenvalue weighted by Gasteiger charge is -2.19. The Morgan fingerprint density at radius 1 is 1.33 bits per heavy atom. The van der Waals surface area contributed by atoms with Crippen molar-refractivity contribution >= 4 is 0 Å². The van der Waals surface area contributed by atoms with Gasteiger partial charge >= 0.3 is 6.18 Å². The molecule has 74 valence electrons. The molecule has 12 heavy (non-hydrogen) atoms. The first kappa shape index (κ1) is 11.7. The number of hydrogen-bond donors (Lipinski definition) is 2. The maximum Gasteiger partial charge on any atom is 0.420 e. The van der Waals surface area contributed by atoms with E-state index < -0.39 is 18.3 Å². The molecule has 0 fully saturated rings. The van der Waals surface area contributed by atoms with E-state index in [4.69, 9.17) is 5.11 Å². The maximum atomic E-state index is 11.9. The molecule has 2 atom stereocenters. The normalized spacial score (nSPS) is 18.0. The first-order chi connectivity index (χ1) is 5.25. The van der Waals surface area contributed by atoms with E-state index in [-0.39, 0.29) is 12.3 Å². The molecule has 0 radical (unpaired) electrons. The molecule has 0 bridgehead atoms. The topological polar surface area (TPSA) is 47.9 Å². The van der Waals surface area contributed by atoms with Crippen LogP contribution in [-0.2, 0) is 0 Å². The summed E-state index contributed by atoms with van der Waals surface area (Å²) in [7, 11) is 0. The zero-order chi connectivity index (χ0) is 9.94. The molecule has 4 N–H and O–H groups in total. The van der Waals surface area contributed by atoms with Gasteiger partial charge in [-0.1, -0.05) is 13.8 Å². The van der Waals surface area contributed by atoms with Crippen LogP contribution >= 0.6 is 0 Å². The number of alkyl halides is 3. The first-order valence-corrected chi connectivity index (χ1v) is 3.83. The molecule has 2 nitrogen and oxygen atoms in total. The molecule has 0 spiro atoms. The van der Waals surface area contributed by atoms with E-state index in [1.165, 1.54) is 0 Å². The van der Waals surface area contributed by atoms with Crippen LogP contribution in [0.3, 0.4) is 0 Å². The van der Waals surface area contributed by atoms with Crippen molar-refractivity contribution in [3.63, 3.8) is 0 Å². The Bertz CT molecular complexity index is 135. The van der Waals surface area contributed by atoms with E-state index >= 15 is 0 Å². The Labute approximate surface area is 69.6 Å². The van der Waals surface area contributed by atoms with Crippen LogP contribution in [0.4, 0.5) is 13.2 Å². The van der Waals surface area contributed by atoms with Crippen molar-refractivity contribution in [2.75, 3.05) is 0 Å². The highest BCUT2D eigenvalue weighted by atomic mass is 19.4. The largest absolute Gasteiger partial charge is 0.420 e. The third-order valence-corrected chi connectivity index (χ3v) is 1.56. The zero-order valence-corrected chi connectivity index (χ0v) is 7.23. The molecular formula is C7H15F3NO+. The van der Waals surface area contributed by atoms with Gasteiger partial charge in [0.1, 0.15) is 6.04 Å². The summed E-state index contributed by atoms with van der Waals surface area (Å²) in [5.41, 5.74) is 3.27. The number of rotatable bonds is 3. The van der Waals surface area contributed by atoms with Gasteiger partial charge in [0.2, 0.25) is 6.10 Å². The van der Waals surface area contributed by atoms with E-state index in [1.807, 2.05) is 0 Å². The SMILES string of the molecule is CC(C)C[C@@H]([NH3+])[C@@H](O)C(F)(F)F. The summed E-state index contributed by atoms with van der Waals surface area (Å²) in [6.07, 6.45) is -6.55. The molecule has 0 heterocycles.